The number of anilines is 2. The second-order valence-electron chi connectivity index (χ2n) is 15.2. The van der Waals surface area contributed by atoms with E-state index in [1.54, 1.807) is 0 Å². The lowest BCUT2D eigenvalue weighted by molar-refractivity contribution is -0.140. The highest BCUT2D eigenvalue weighted by atomic mass is 16.4. The number of aliphatic carboxylic acids is 2. The van der Waals surface area contributed by atoms with E-state index in [0.717, 1.165) is 6.92 Å². The summed E-state index contributed by atoms with van der Waals surface area (Å²) < 4.78 is 0. The number of benzene rings is 1. The van der Waals surface area contributed by atoms with E-state index in [1.807, 2.05) is 0 Å². The first-order valence-corrected chi connectivity index (χ1v) is 20.3. The number of aromatic amines is 1. The fourth-order valence-corrected chi connectivity index (χ4v) is 6.29. The first-order valence-electron chi connectivity index (χ1n) is 20.3. The Labute approximate surface area is 378 Å². The highest BCUT2D eigenvalue weighted by molar-refractivity contribution is 5.97. The van der Waals surface area contributed by atoms with E-state index in [-0.39, 0.29) is 29.2 Å². The van der Waals surface area contributed by atoms with Gasteiger partial charge in [-0.25, -0.2) is 14.8 Å². The van der Waals surface area contributed by atoms with E-state index in [2.05, 4.69) is 46.5 Å². The van der Waals surface area contributed by atoms with E-state index < -0.39 is 159 Å². The van der Waals surface area contributed by atoms with Crippen molar-refractivity contribution >= 4 is 64.2 Å². The van der Waals surface area contributed by atoms with Gasteiger partial charge in [0.25, 0.3) is 11.5 Å². The Morgan fingerprint density at radius 2 is 1.30 bits per heavy atom. The molecule has 0 unspecified atom stereocenters. The van der Waals surface area contributed by atoms with Crippen LogP contribution in [0.3, 0.4) is 0 Å². The maximum absolute atomic E-state index is 13.3. The number of hydrogen-bond acceptors (Lipinski definition) is 21. The summed E-state index contributed by atoms with van der Waals surface area (Å²) in [6.07, 6.45) is -15.5. The van der Waals surface area contributed by atoms with Crippen molar-refractivity contribution in [1.82, 2.24) is 41.2 Å². The summed E-state index contributed by atoms with van der Waals surface area (Å²) in [5, 5.41) is 111. The van der Waals surface area contributed by atoms with Crippen LogP contribution >= 0.6 is 0 Å². The van der Waals surface area contributed by atoms with E-state index >= 15 is 0 Å². The van der Waals surface area contributed by atoms with Crippen LogP contribution in [-0.4, -0.2) is 186 Å². The predicted molar refractivity (Wildman–Crippen MR) is 227 cm³/mol. The largest absolute Gasteiger partial charge is 0.481 e. The highest BCUT2D eigenvalue weighted by Crippen LogP contribution is 2.15. The lowest BCUT2D eigenvalue weighted by Gasteiger charge is -2.31. The van der Waals surface area contributed by atoms with Crippen LogP contribution in [0, 0.1) is 0 Å². The molecule has 0 radical (unpaired) electrons. The van der Waals surface area contributed by atoms with Gasteiger partial charge < -0.3 is 83.4 Å². The molecular weight excluding hydrogens is 896 g/mol. The number of aliphatic hydroxyl groups excluding tert-OH is 8. The minimum absolute atomic E-state index is 0.00607. The standard InChI is InChI=1S/C39H54N10O18/c1-16(52)10-22(30(59)32(61)24(53)14-50)47-36(64)20(7-9-28(57)58)44-27(56)11-23(31(60)33(62)25(54)15-51)45-26(55)8-6-21(38(66)67)46-35(63)17-2-4-18(5-3-17)41-12-19-13-42-34-29(43-19)37(65)49-39(40)48-34/h2-5,13,20-25,30-33,41,50-51,53-54,59-62H,6-12,14-15H2,1H3,(H,44,56)(H,45,55)(H,46,63)(H,47,64)(H,57,58)(H,66,67)(H3,40,42,48,49,65)/t20-,21-,22+,23+,24+,25+,30+,31+,32+,33+/m0/s1. The van der Waals surface area contributed by atoms with Crippen LogP contribution in [-0.2, 0) is 35.3 Å². The van der Waals surface area contributed by atoms with Crippen molar-refractivity contribution in [3.63, 3.8) is 0 Å². The van der Waals surface area contributed by atoms with E-state index in [4.69, 9.17) is 10.8 Å². The maximum Gasteiger partial charge on any atom is 0.326 e. The van der Waals surface area contributed by atoms with E-state index in [0.29, 0.717) is 11.4 Å². The Bertz CT molecular complexity index is 2270. The molecule has 1 aromatic carbocycles. The molecule has 3 aromatic rings. The molecule has 368 valence electrons. The SMILES string of the molecule is CC(=O)C[C@@H](NC(=O)[C@H](CCC(=O)O)NC(=O)C[C@@H](NC(=O)CC[C@H](NC(=O)c1ccc(NCc2cnc3nc(N)[nH]c(=O)c3n2)cc1)C(=O)O)[C@@H](O)[C@H](O)[C@H](O)CO)[C@@H](O)[C@H](O)[C@H](O)CO. The number of hydrogen-bond donors (Lipinski definition) is 17. The minimum atomic E-state index is -2.23. The number of carboxylic acids is 2. The van der Waals surface area contributed by atoms with Crippen molar-refractivity contribution in [1.29, 1.82) is 0 Å². The molecule has 0 aliphatic carbocycles. The number of nitrogens with two attached hydrogens (primary N) is 1. The van der Waals surface area contributed by atoms with Crippen LogP contribution in [0.2, 0.25) is 0 Å². The number of carbonyl (C=O) groups excluding carboxylic acids is 5. The second kappa shape index (κ2) is 25.8. The summed E-state index contributed by atoms with van der Waals surface area (Å²) in [6.45, 7) is -0.974. The van der Waals surface area contributed by atoms with Crippen LogP contribution < -0.4 is 37.9 Å². The number of H-pyrrole nitrogens is 1. The molecule has 0 saturated carbocycles. The molecule has 28 nitrogen and oxygen atoms in total. The Morgan fingerprint density at radius 1 is 0.716 bits per heavy atom. The Kier molecular flexibility index (Phi) is 21.0. The van der Waals surface area contributed by atoms with Gasteiger partial charge in [-0.3, -0.25) is 38.5 Å². The van der Waals surface area contributed by atoms with Crippen molar-refractivity contribution in [3.8, 4) is 0 Å². The second-order valence-corrected chi connectivity index (χ2v) is 15.2. The molecule has 0 spiro atoms. The van der Waals surface area contributed by atoms with Gasteiger partial charge in [-0.1, -0.05) is 0 Å². The number of aromatic nitrogens is 4. The Hall–Kier alpha value is -6.79. The summed E-state index contributed by atoms with van der Waals surface area (Å²) in [7, 11) is 0. The number of fused-ring (bicyclic) bond motifs is 1. The molecule has 0 aliphatic rings. The third-order valence-electron chi connectivity index (χ3n) is 9.94. The molecule has 2 aromatic heterocycles. The minimum Gasteiger partial charge on any atom is -0.481 e. The van der Waals surface area contributed by atoms with Gasteiger partial charge in [-0.05, 0) is 44.0 Å². The van der Waals surface area contributed by atoms with Gasteiger partial charge in [0.2, 0.25) is 23.7 Å². The Balaban J connectivity index is 1.69. The van der Waals surface area contributed by atoms with Crippen LogP contribution in [0.4, 0.5) is 11.6 Å². The number of amides is 4. The molecule has 4 amide bonds. The molecule has 0 bridgehead atoms. The molecule has 67 heavy (non-hydrogen) atoms. The normalized spacial score (nSPS) is 15.8. The van der Waals surface area contributed by atoms with Gasteiger partial charge in [0.15, 0.2) is 11.2 Å². The van der Waals surface area contributed by atoms with Gasteiger partial charge in [0, 0.05) is 36.9 Å². The number of nitrogen functional groups attached to an aromatic ring is 1. The number of carbonyl (C=O) groups is 7. The first-order chi connectivity index (χ1) is 31.5. The highest BCUT2D eigenvalue weighted by Gasteiger charge is 2.37. The average molecular weight is 951 g/mol. The van der Waals surface area contributed by atoms with Crippen molar-refractivity contribution in [2.24, 2.45) is 0 Å². The molecule has 10 atom stereocenters. The monoisotopic (exact) mass is 950 g/mol. The zero-order valence-corrected chi connectivity index (χ0v) is 35.7. The van der Waals surface area contributed by atoms with Crippen LogP contribution in [0.15, 0.2) is 35.3 Å². The smallest absolute Gasteiger partial charge is 0.326 e. The summed E-state index contributed by atoms with van der Waals surface area (Å²) in [6, 6.07) is -1.28. The van der Waals surface area contributed by atoms with Gasteiger partial charge >= 0.3 is 11.9 Å². The molecule has 3 rings (SSSR count). The quantitative estimate of drug-likeness (QED) is 0.0322. The number of rotatable bonds is 28. The van der Waals surface area contributed by atoms with Gasteiger partial charge in [0.05, 0.1) is 43.7 Å². The van der Waals surface area contributed by atoms with Crippen molar-refractivity contribution in [2.75, 3.05) is 24.3 Å². The summed E-state index contributed by atoms with van der Waals surface area (Å²) in [5.41, 5.74) is 5.80. The number of aliphatic hydroxyl groups is 8. The zero-order chi connectivity index (χ0) is 50.1. The lowest BCUT2D eigenvalue weighted by atomic mass is 9.96. The fraction of sp³-hybridized carbons (Fsp3) is 0.513. The van der Waals surface area contributed by atoms with E-state index in [9.17, 15) is 84.3 Å². The van der Waals surface area contributed by atoms with Crippen molar-refractivity contribution in [2.45, 2.75) is 113 Å². The molecule has 2 heterocycles. The lowest BCUT2D eigenvalue weighted by Crippen LogP contribution is -2.58. The average Bonchev–Trinajstić information content (AvgIpc) is 3.28. The number of Topliss-reactive ketones (excluding diaryl/α,β-unsaturated/α-hetero) is 1. The number of nitrogens with zero attached hydrogens (tertiary/aromatic N) is 3. The number of nitrogens with one attached hydrogen (secondary N) is 6. The van der Waals surface area contributed by atoms with Gasteiger partial charge in [-0.2, -0.15) is 4.98 Å². The molecule has 28 heteroatoms. The third kappa shape index (κ3) is 16.9. The first kappa shape index (κ1) is 54.5. The summed E-state index contributed by atoms with van der Waals surface area (Å²) >= 11 is 0. The van der Waals surface area contributed by atoms with E-state index in [1.165, 1.54) is 30.5 Å². The molecule has 0 fully saturated rings. The predicted octanol–water partition coefficient (Wildman–Crippen LogP) is -6.29. The zero-order valence-electron chi connectivity index (χ0n) is 35.7. The number of carboxylic acid groups (broad SMARTS) is 2. The van der Waals surface area contributed by atoms with Crippen LogP contribution in [0.1, 0.15) is 61.5 Å². The molecule has 18 N–H and O–H groups in total. The van der Waals surface area contributed by atoms with Crippen LogP contribution in [0.25, 0.3) is 11.2 Å². The Morgan fingerprint density at radius 3 is 1.85 bits per heavy atom. The fourth-order valence-electron chi connectivity index (χ4n) is 6.29. The molecule has 0 saturated heterocycles. The topological polar surface area (TPSA) is 479 Å². The summed E-state index contributed by atoms with van der Waals surface area (Å²) in [4.78, 5) is 115. The van der Waals surface area contributed by atoms with Gasteiger partial charge in [0.1, 0.15) is 54.5 Å². The maximum atomic E-state index is 13.3. The van der Waals surface area contributed by atoms with Crippen molar-refractivity contribution in [3.05, 3.63) is 52.1 Å². The molecular formula is C39H54N10O18. The summed E-state index contributed by atoms with van der Waals surface area (Å²) in [5.74, 6) is -8.11. The van der Waals surface area contributed by atoms with Crippen LogP contribution in [0.5, 0.6) is 0 Å². The van der Waals surface area contributed by atoms with Gasteiger partial charge in [-0.15, -0.1) is 0 Å². The number of ketones is 1. The van der Waals surface area contributed by atoms with Crippen molar-refractivity contribution < 1.29 is 84.6 Å². The third-order valence-corrected chi connectivity index (χ3v) is 9.94. The molecule has 0 aliphatic heterocycles.